The van der Waals surface area contributed by atoms with Crippen molar-refractivity contribution in [3.63, 3.8) is 0 Å². The number of likely N-dealkylation sites (tertiary alicyclic amines) is 1. The van der Waals surface area contributed by atoms with Crippen LogP contribution in [0, 0.1) is 23.6 Å². The number of nitrogens with zero attached hydrogens (tertiary/aromatic N) is 2. The summed E-state index contributed by atoms with van der Waals surface area (Å²) in [7, 11) is 0. The largest absolute Gasteiger partial charge is 0.508 e. The first-order chi connectivity index (χ1) is 22.4. The molecule has 6 atom stereocenters. The second-order valence-corrected chi connectivity index (χ2v) is 13.3. The van der Waals surface area contributed by atoms with Gasteiger partial charge >= 0.3 is 6.03 Å². The zero-order valence-electron chi connectivity index (χ0n) is 24.4. The van der Waals surface area contributed by atoms with Gasteiger partial charge in [-0.2, -0.15) is 4.90 Å². The first kappa shape index (κ1) is 30.9. The van der Waals surface area contributed by atoms with Crippen molar-refractivity contribution in [2.24, 2.45) is 23.5 Å². The lowest BCUT2D eigenvalue weighted by molar-refractivity contribution is -0.136. The first-order valence-corrected chi connectivity index (χ1v) is 15.5. The monoisotopic (exact) mass is 677 g/mol. The van der Waals surface area contributed by atoms with Gasteiger partial charge in [-0.05, 0) is 54.7 Å². The summed E-state index contributed by atoms with van der Waals surface area (Å²) in [5, 5.41) is 11.5. The van der Waals surface area contributed by atoms with E-state index in [4.69, 9.17) is 33.7 Å². The number of phenols is 1. The summed E-state index contributed by atoms with van der Waals surface area (Å²) < 4.78 is 19.7. The molecule has 13 heteroatoms. The van der Waals surface area contributed by atoms with Crippen LogP contribution in [0.5, 0.6) is 11.5 Å². The lowest BCUT2D eigenvalue weighted by Crippen LogP contribution is -2.60. The van der Waals surface area contributed by atoms with Crippen molar-refractivity contribution in [3.8, 4) is 11.5 Å². The fourth-order valence-electron chi connectivity index (χ4n) is 7.56. The number of ether oxygens (including phenoxy) is 1. The number of fused-ring (bicyclic) bond motifs is 4. The number of rotatable bonds is 5. The molecule has 10 nitrogen and oxygen atoms in total. The number of amides is 6. The molecule has 2 aliphatic heterocycles. The molecule has 0 spiro atoms. The van der Waals surface area contributed by atoms with Gasteiger partial charge in [-0.25, -0.2) is 14.1 Å². The Hall–Kier alpha value is -4.74. The number of hydrogen-bond acceptors (Lipinski definition) is 7. The van der Waals surface area contributed by atoms with Crippen molar-refractivity contribution in [1.82, 2.24) is 4.90 Å². The Labute approximate surface area is 277 Å². The smallest absolute Gasteiger partial charge is 0.328 e. The second kappa shape index (κ2) is 10.9. The van der Waals surface area contributed by atoms with Crippen molar-refractivity contribution in [3.05, 3.63) is 101 Å². The lowest BCUT2D eigenvalue weighted by atomic mass is 9.56. The Kier molecular flexibility index (Phi) is 7.18. The fraction of sp³-hybridized carbons (Fsp3) is 0.265. The number of nitrogens with two attached hydrogens (primary N) is 1. The van der Waals surface area contributed by atoms with Crippen molar-refractivity contribution in [1.29, 1.82) is 0 Å². The zero-order chi connectivity index (χ0) is 33.4. The Morgan fingerprint density at radius 3 is 2.32 bits per heavy atom. The summed E-state index contributed by atoms with van der Waals surface area (Å²) in [6.45, 7) is 0.204. The highest BCUT2D eigenvalue weighted by Crippen LogP contribution is 2.66. The molecule has 1 saturated carbocycles. The topological polar surface area (TPSA) is 147 Å². The summed E-state index contributed by atoms with van der Waals surface area (Å²) in [5.74, 6) is -8.37. The summed E-state index contributed by atoms with van der Waals surface area (Å²) in [4.78, 5) is 64.2. The number of aromatic hydroxyl groups is 1. The first-order valence-electron chi connectivity index (χ1n) is 14.8. The van der Waals surface area contributed by atoms with Crippen LogP contribution in [0.2, 0.25) is 0 Å². The molecule has 3 N–H and O–H groups in total. The average molecular weight is 679 g/mol. The number of urea groups is 1. The molecule has 7 rings (SSSR count). The number of hydrogen-bond donors (Lipinski definition) is 2. The maximum atomic E-state index is 14.4. The van der Waals surface area contributed by atoms with Gasteiger partial charge in [-0.1, -0.05) is 48.0 Å². The number of carbonyl (C=O) groups is 5. The Morgan fingerprint density at radius 2 is 1.66 bits per heavy atom. The third-order valence-electron chi connectivity index (χ3n) is 9.68. The van der Waals surface area contributed by atoms with Crippen LogP contribution in [0.25, 0.3) is 0 Å². The van der Waals surface area contributed by atoms with Crippen LogP contribution >= 0.6 is 23.2 Å². The van der Waals surface area contributed by atoms with E-state index >= 15 is 0 Å². The molecule has 0 aromatic heterocycles. The molecule has 4 aliphatic rings. The number of phenolic OH excluding ortho intramolecular Hbond substituents is 1. The molecule has 240 valence electrons. The van der Waals surface area contributed by atoms with Crippen molar-refractivity contribution >= 4 is 58.5 Å². The zero-order valence-corrected chi connectivity index (χ0v) is 26.0. The predicted molar refractivity (Wildman–Crippen MR) is 167 cm³/mol. The highest BCUT2D eigenvalue weighted by molar-refractivity contribution is 6.58. The minimum absolute atomic E-state index is 0.00640. The van der Waals surface area contributed by atoms with Crippen LogP contribution in [0.3, 0.4) is 0 Å². The van der Waals surface area contributed by atoms with Gasteiger partial charge < -0.3 is 15.6 Å². The molecule has 47 heavy (non-hydrogen) atoms. The van der Waals surface area contributed by atoms with E-state index in [-0.39, 0.29) is 36.4 Å². The van der Waals surface area contributed by atoms with Crippen LogP contribution in [0.15, 0.2) is 84.4 Å². The summed E-state index contributed by atoms with van der Waals surface area (Å²) >= 11 is 14.6. The van der Waals surface area contributed by atoms with Crippen LogP contribution in [-0.2, 0) is 25.8 Å². The third-order valence-corrected chi connectivity index (χ3v) is 11.1. The minimum Gasteiger partial charge on any atom is -0.508 e. The summed E-state index contributed by atoms with van der Waals surface area (Å²) in [6, 6.07) is 17.2. The number of benzene rings is 3. The number of alkyl halides is 2. The van der Waals surface area contributed by atoms with E-state index in [0.29, 0.717) is 16.2 Å². The normalized spacial score (nSPS) is 29.7. The van der Waals surface area contributed by atoms with Crippen LogP contribution in [0.4, 0.5) is 14.9 Å². The molecule has 2 aliphatic carbocycles. The van der Waals surface area contributed by atoms with E-state index in [0.717, 1.165) is 22.6 Å². The van der Waals surface area contributed by atoms with Gasteiger partial charge in [-0.3, -0.25) is 19.2 Å². The standard InChI is InChI=1S/C34H26Cl2FN3O7/c35-33-15-24-21(12-13-23-26(24)29(43)40(28(23)42)32(38)46)27(22-11-10-20(14-25(22)41)47-16-17-4-2-1-3-5-17)34(33,36)31(45)39(30(33)44)19-8-6-18(37)7-9-19/h1-12,14,23-24,26-27,41H,13,15-16H2,(H2,38,46). The van der Waals surface area contributed by atoms with Gasteiger partial charge in [0, 0.05) is 17.5 Å². The van der Waals surface area contributed by atoms with Crippen LogP contribution < -0.4 is 15.4 Å². The number of anilines is 1. The van der Waals surface area contributed by atoms with Crippen molar-refractivity contribution in [2.75, 3.05) is 4.90 Å². The SMILES string of the molecule is NC(=O)N1C(=O)C2CC=C3C(CC4(Cl)C(=O)N(c5ccc(F)cc5)C(=O)C4(Cl)C3c3ccc(OCc4ccccc4)cc3O)C2C1=O. The van der Waals surface area contributed by atoms with Gasteiger partial charge in [0.15, 0.2) is 9.75 Å². The molecule has 2 heterocycles. The summed E-state index contributed by atoms with van der Waals surface area (Å²) in [6.07, 6.45) is 1.31. The van der Waals surface area contributed by atoms with Crippen LogP contribution in [0.1, 0.15) is 29.9 Å². The lowest BCUT2D eigenvalue weighted by Gasteiger charge is -2.50. The number of imide groups is 4. The van der Waals surface area contributed by atoms with Gasteiger partial charge in [0.2, 0.25) is 11.8 Å². The molecule has 3 aromatic rings. The molecular formula is C34H26Cl2FN3O7. The minimum atomic E-state index is -2.24. The van der Waals surface area contributed by atoms with Crippen molar-refractivity contribution < 1.29 is 38.2 Å². The van der Waals surface area contributed by atoms with E-state index in [1.807, 2.05) is 30.3 Å². The number of primary amides is 1. The molecule has 0 radical (unpaired) electrons. The van der Waals surface area contributed by atoms with E-state index in [1.165, 1.54) is 24.3 Å². The summed E-state index contributed by atoms with van der Waals surface area (Å²) in [5.41, 5.74) is 6.81. The predicted octanol–water partition coefficient (Wildman–Crippen LogP) is 4.75. The van der Waals surface area contributed by atoms with Gasteiger partial charge in [0.1, 0.15) is 23.9 Å². The molecule has 6 amide bonds. The number of allylic oxidation sites excluding steroid dienone is 2. The molecule has 6 unspecified atom stereocenters. The van der Waals surface area contributed by atoms with E-state index in [9.17, 15) is 33.5 Å². The van der Waals surface area contributed by atoms with Gasteiger partial charge in [-0.15, -0.1) is 23.2 Å². The molecule has 2 saturated heterocycles. The average Bonchev–Trinajstić information content (AvgIpc) is 3.39. The van der Waals surface area contributed by atoms with Gasteiger partial charge in [0.25, 0.3) is 11.8 Å². The third kappa shape index (κ3) is 4.40. The Bertz CT molecular complexity index is 1900. The van der Waals surface area contributed by atoms with E-state index in [2.05, 4.69) is 0 Å². The van der Waals surface area contributed by atoms with Crippen molar-refractivity contribution in [2.45, 2.75) is 35.1 Å². The van der Waals surface area contributed by atoms with E-state index in [1.54, 1.807) is 12.1 Å². The van der Waals surface area contributed by atoms with Gasteiger partial charge in [0.05, 0.1) is 17.5 Å². The maximum absolute atomic E-state index is 14.4. The van der Waals surface area contributed by atoms with Crippen LogP contribution in [-0.4, -0.2) is 49.4 Å². The molecule has 0 bridgehead atoms. The maximum Gasteiger partial charge on any atom is 0.328 e. The molecule has 3 fully saturated rings. The Morgan fingerprint density at radius 1 is 0.957 bits per heavy atom. The highest BCUT2D eigenvalue weighted by Gasteiger charge is 2.77. The fourth-order valence-corrected chi connectivity index (χ4v) is 8.49. The Balaban J connectivity index is 1.36. The molecular weight excluding hydrogens is 652 g/mol. The number of halogens is 3. The second-order valence-electron chi connectivity index (χ2n) is 12.1. The van der Waals surface area contributed by atoms with E-state index < -0.39 is 68.9 Å². The highest BCUT2D eigenvalue weighted by atomic mass is 35.5. The quantitative estimate of drug-likeness (QED) is 0.225. The number of carbonyl (C=O) groups excluding carboxylic acids is 5. The molecule has 3 aromatic carbocycles.